The summed E-state index contributed by atoms with van der Waals surface area (Å²) in [7, 11) is -4.00. The van der Waals surface area contributed by atoms with Gasteiger partial charge in [-0.05, 0) is 29.7 Å². The van der Waals surface area contributed by atoms with Gasteiger partial charge in [0.1, 0.15) is 0 Å². The van der Waals surface area contributed by atoms with Crippen LogP contribution in [0.15, 0.2) is 53.4 Å². The van der Waals surface area contributed by atoms with Gasteiger partial charge in [0.15, 0.2) is 6.61 Å². The zero-order valence-corrected chi connectivity index (χ0v) is 16.1. The van der Waals surface area contributed by atoms with Crippen LogP contribution in [0.25, 0.3) is 0 Å². The van der Waals surface area contributed by atoms with E-state index in [2.05, 4.69) is 5.32 Å². The van der Waals surface area contributed by atoms with Crippen molar-refractivity contribution in [2.45, 2.75) is 17.7 Å². The fraction of sp³-hybridized carbons (Fsp3) is 0.222. The highest BCUT2D eigenvalue weighted by atomic mass is 35.5. The zero-order valence-electron chi connectivity index (χ0n) is 14.5. The van der Waals surface area contributed by atoms with E-state index in [0.29, 0.717) is 6.54 Å². The fourth-order valence-electron chi connectivity index (χ4n) is 2.26. The molecule has 0 bridgehead atoms. The van der Waals surface area contributed by atoms with Crippen LogP contribution in [-0.2, 0) is 19.6 Å². The predicted octanol–water partition coefficient (Wildman–Crippen LogP) is 2.06. The van der Waals surface area contributed by atoms with E-state index in [1.807, 2.05) is 37.3 Å². The standard InChI is InChI=1S/C18H19ClN2O5S/c1-12(13-5-3-2-4-6-13)10-21-17(22)11-26-18(23)15-9-14(27(20,24)25)7-8-16(15)19/h2-9,12H,10-11H2,1H3,(H,21,22)(H2,20,24,25)/t12-/m0/s1. The molecule has 1 atom stereocenters. The van der Waals surface area contributed by atoms with Crippen molar-refractivity contribution in [1.82, 2.24) is 5.32 Å². The molecule has 144 valence electrons. The number of amides is 1. The molecule has 0 fully saturated rings. The molecule has 0 saturated heterocycles. The Morgan fingerprint density at radius 3 is 2.48 bits per heavy atom. The van der Waals surface area contributed by atoms with E-state index < -0.39 is 28.5 Å². The summed E-state index contributed by atoms with van der Waals surface area (Å²) >= 11 is 5.89. The molecule has 0 aliphatic heterocycles. The molecule has 27 heavy (non-hydrogen) atoms. The first-order valence-corrected chi connectivity index (χ1v) is 9.92. The lowest BCUT2D eigenvalue weighted by Gasteiger charge is -2.13. The van der Waals surface area contributed by atoms with Crippen LogP contribution in [-0.4, -0.2) is 33.4 Å². The van der Waals surface area contributed by atoms with Crippen LogP contribution in [0, 0.1) is 0 Å². The fourth-order valence-corrected chi connectivity index (χ4v) is 3.00. The Hall–Kier alpha value is -2.42. The number of halogens is 1. The molecule has 0 aliphatic rings. The Kier molecular flexibility index (Phi) is 6.95. The van der Waals surface area contributed by atoms with E-state index in [1.165, 1.54) is 12.1 Å². The molecular formula is C18H19ClN2O5S. The van der Waals surface area contributed by atoms with Crippen LogP contribution in [0.3, 0.4) is 0 Å². The van der Waals surface area contributed by atoms with Crippen molar-refractivity contribution in [3.05, 3.63) is 64.7 Å². The number of ether oxygens (including phenoxy) is 1. The van der Waals surface area contributed by atoms with Gasteiger partial charge in [-0.15, -0.1) is 0 Å². The number of carbonyl (C=O) groups is 2. The van der Waals surface area contributed by atoms with Gasteiger partial charge in [0.05, 0.1) is 15.5 Å². The quantitative estimate of drug-likeness (QED) is 0.678. The van der Waals surface area contributed by atoms with Gasteiger partial charge in [-0.25, -0.2) is 18.4 Å². The van der Waals surface area contributed by atoms with Crippen molar-refractivity contribution in [2.75, 3.05) is 13.2 Å². The lowest BCUT2D eigenvalue weighted by Crippen LogP contribution is -2.31. The maximum atomic E-state index is 12.1. The highest BCUT2D eigenvalue weighted by molar-refractivity contribution is 7.89. The molecule has 0 aliphatic carbocycles. The first-order chi connectivity index (χ1) is 12.7. The van der Waals surface area contributed by atoms with Crippen molar-refractivity contribution in [2.24, 2.45) is 5.14 Å². The minimum Gasteiger partial charge on any atom is -0.452 e. The number of esters is 1. The molecule has 0 heterocycles. The van der Waals surface area contributed by atoms with Gasteiger partial charge in [-0.1, -0.05) is 48.9 Å². The van der Waals surface area contributed by atoms with Crippen LogP contribution in [0.1, 0.15) is 28.8 Å². The van der Waals surface area contributed by atoms with Gasteiger partial charge < -0.3 is 10.1 Å². The molecule has 2 rings (SSSR count). The van der Waals surface area contributed by atoms with Crippen LogP contribution in [0.2, 0.25) is 5.02 Å². The van der Waals surface area contributed by atoms with Gasteiger partial charge in [0.25, 0.3) is 5.91 Å². The second-order valence-corrected chi connectivity index (χ2v) is 7.85. The molecule has 0 radical (unpaired) electrons. The van der Waals surface area contributed by atoms with Crippen LogP contribution in [0.4, 0.5) is 0 Å². The monoisotopic (exact) mass is 410 g/mol. The van der Waals surface area contributed by atoms with E-state index in [9.17, 15) is 18.0 Å². The normalized spacial score (nSPS) is 12.3. The molecular weight excluding hydrogens is 392 g/mol. The number of hydrogen-bond acceptors (Lipinski definition) is 5. The number of rotatable bonds is 7. The Bertz CT molecular complexity index is 932. The molecule has 7 nitrogen and oxygen atoms in total. The summed E-state index contributed by atoms with van der Waals surface area (Å²) in [5.41, 5.74) is 0.884. The number of hydrogen-bond donors (Lipinski definition) is 2. The minimum atomic E-state index is -4.00. The Balaban J connectivity index is 1.91. The van der Waals surface area contributed by atoms with E-state index >= 15 is 0 Å². The Morgan fingerprint density at radius 1 is 1.19 bits per heavy atom. The molecule has 1 amide bonds. The highest BCUT2D eigenvalue weighted by Crippen LogP contribution is 2.20. The molecule has 0 aromatic heterocycles. The van der Waals surface area contributed by atoms with Crippen LogP contribution >= 0.6 is 11.6 Å². The van der Waals surface area contributed by atoms with E-state index in [1.54, 1.807) is 0 Å². The summed E-state index contributed by atoms with van der Waals surface area (Å²) in [6.07, 6.45) is 0. The summed E-state index contributed by atoms with van der Waals surface area (Å²) in [6, 6.07) is 13.0. The lowest BCUT2D eigenvalue weighted by molar-refractivity contribution is -0.124. The van der Waals surface area contributed by atoms with Gasteiger partial charge in [-0.3, -0.25) is 4.79 Å². The molecule has 9 heteroatoms. The number of nitrogens with one attached hydrogen (secondary N) is 1. The number of sulfonamides is 1. The maximum Gasteiger partial charge on any atom is 0.340 e. The molecule has 0 unspecified atom stereocenters. The Morgan fingerprint density at radius 2 is 1.85 bits per heavy atom. The zero-order chi connectivity index (χ0) is 20.0. The van der Waals surface area contributed by atoms with Crippen molar-refractivity contribution < 1.29 is 22.7 Å². The lowest BCUT2D eigenvalue weighted by atomic mass is 10.0. The molecule has 0 saturated carbocycles. The smallest absolute Gasteiger partial charge is 0.340 e. The third-order valence-electron chi connectivity index (χ3n) is 3.79. The Labute approximate surface area is 162 Å². The summed E-state index contributed by atoms with van der Waals surface area (Å²) in [5, 5.41) is 7.69. The van der Waals surface area contributed by atoms with E-state index in [-0.39, 0.29) is 21.4 Å². The first kappa shape index (κ1) is 20.9. The number of benzene rings is 2. The molecule has 2 aromatic rings. The van der Waals surface area contributed by atoms with Gasteiger partial charge in [0.2, 0.25) is 10.0 Å². The van der Waals surface area contributed by atoms with Crippen LogP contribution < -0.4 is 10.5 Å². The first-order valence-electron chi connectivity index (χ1n) is 7.99. The minimum absolute atomic E-state index is 0.00879. The summed E-state index contributed by atoms with van der Waals surface area (Å²) < 4.78 is 27.6. The largest absolute Gasteiger partial charge is 0.452 e. The van der Waals surface area contributed by atoms with Crippen molar-refractivity contribution in [3.63, 3.8) is 0 Å². The highest BCUT2D eigenvalue weighted by Gasteiger charge is 2.18. The molecule has 2 aromatic carbocycles. The third-order valence-corrected chi connectivity index (χ3v) is 5.04. The van der Waals surface area contributed by atoms with Crippen molar-refractivity contribution in [3.8, 4) is 0 Å². The SMILES string of the molecule is C[C@@H](CNC(=O)COC(=O)c1cc(S(N)(=O)=O)ccc1Cl)c1ccccc1. The number of primary sulfonamides is 1. The van der Waals surface area contributed by atoms with Crippen LogP contribution in [0.5, 0.6) is 0 Å². The second kappa shape index (κ2) is 8.98. The van der Waals surface area contributed by atoms with E-state index in [0.717, 1.165) is 11.6 Å². The average molecular weight is 411 g/mol. The average Bonchev–Trinajstić information content (AvgIpc) is 2.64. The van der Waals surface area contributed by atoms with Gasteiger partial charge in [0, 0.05) is 6.54 Å². The predicted molar refractivity (Wildman–Crippen MR) is 101 cm³/mol. The summed E-state index contributed by atoms with van der Waals surface area (Å²) in [4.78, 5) is 23.7. The number of nitrogens with two attached hydrogens (primary N) is 1. The third kappa shape index (κ3) is 6.06. The number of carbonyl (C=O) groups excluding carboxylic acids is 2. The second-order valence-electron chi connectivity index (χ2n) is 5.88. The van der Waals surface area contributed by atoms with Gasteiger partial charge >= 0.3 is 5.97 Å². The van der Waals surface area contributed by atoms with Crippen molar-refractivity contribution in [1.29, 1.82) is 0 Å². The topological polar surface area (TPSA) is 116 Å². The molecule has 0 spiro atoms. The van der Waals surface area contributed by atoms with Crippen molar-refractivity contribution >= 4 is 33.5 Å². The van der Waals surface area contributed by atoms with Gasteiger partial charge in [-0.2, -0.15) is 0 Å². The maximum absolute atomic E-state index is 12.1. The summed E-state index contributed by atoms with van der Waals surface area (Å²) in [5.74, 6) is -1.31. The molecule has 3 N–H and O–H groups in total. The van der Waals surface area contributed by atoms with E-state index in [4.69, 9.17) is 21.5 Å². The summed E-state index contributed by atoms with van der Waals surface area (Å²) in [6.45, 7) is 1.82.